The number of carbonyl (C=O) groups excluding carboxylic acids is 2. The zero-order valence-electron chi connectivity index (χ0n) is 12.0. The van der Waals surface area contributed by atoms with E-state index in [-0.39, 0.29) is 12.7 Å². The molecule has 0 saturated carbocycles. The van der Waals surface area contributed by atoms with Gasteiger partial charge in [0.15, 0.2) is 0 Å². The van der Waals surface area contributed by atoms with Crippen molar-refractivity contribution in [3.8, 4) is 0 Å². The SMILES string of the molecule is CC(=O)OC[C@@H]1C=C[C@H](C)ON1C(=O)OC(C)(C)C. The predicted molar refractivity (Wildman–Crippen MR) is 68.2 cm³/mol. The van der Waals surface area contributed by atoms with Gasteiger partial charge in [-0.1, -0.05) is 12.2 Å². The van der Waals surface area contributed by atoms with Gasteiger partial charge < -0.3 is 9.47 Å². The van der Waals surface area contributed by atoms with Gasteiger partial charge in [0.05, 0.1) is 0 Å². The second kappa shape index (κ2) is 6.06. The third-order valence-electron chi connectivity index (χ3n) is 2.22. The molecule has 0 aliphatic carbocycles. The molecule has 1 heterocycles. The molecule has 0 aromatic rings. The minimum atomic E-state index is -0.614. The zero-order valence-corrected chi connectivity index (χ0v) is 12.0. The summed E-state index contributed by atoms with van der Waals surface area (Å²) in [5.41, 5.74) is -0.614. The first-order valence-electron chi connectivity index (χ1n) is 6.19. The van der Waals surface area contributed by atoms with Crippen LogP contribution in [0.25, 0.3) is 0 Å². The van der Waals surface area contributed by atoms with Gasteiger partial charge in [0.2, 0.25) is 0 Å². The second-order valence-corrected chi connectivity index (χ2v) is 5.37. The molecule has 0 aromatic heterocycles. The fourth-order valence-electron chi connectivity index (χ4n) is 1.47. The van der Waals surface area contributed by atoms with Crippen molar-refractivity contribution < 1.29 is 23.9 Å². The summed E-state index contributed by atoms with van der Waals surface area (Å²) in [6.07, 6.45) is 2.73. The van der Waals surface area contributed by atoms with Crippen molar-refractivity contribution in [2.24, 2.45) is 0 Å². The number of hydrogen-bond acceptors (Lipinski definition) is 5. The Morgan fingerprint density at radius 2 is 1.95 bits per heavy atom. The number of esters is 1. The van der Waals surface area contributed by atoms with E-state index in [1.165, 1.54) is 6.92 Å². The average molecular weight is 271 g/mol. The molecule has 2 atom stereocenters. The van der Waals surface area contributed by atoms with Crippen LogP contribution in [0.1, 0.15) is 34.6 Å². The highest BCUT2D eigenvalue weighted by molar-refractivity contribution is 5.68. The smallest absolute Gasteiger partial charge is 0.435 e. The molecule has 0 aromatic carbocycles. The maximum Gasteiger partial charge on any atom is 0.435 e. The molecule has 1 aliphatic rings. The summed E-state index contributed by atoms with van der Waals surface area (Å²) in [5.74, 6) is -0.406. The lowest BCUT2D eigenvalue weighted by atomic mass is 10.2. The first-order valence-corrected chi connectivity index (χ1v) is 6.19. The monoisotopic (exact) mass is 271 g/mol. The Labute approximate surface area is 113 Å². The van der Waals surface area contributed by atoms with Crippen LogP contribution in [0, 0.1) is 0 Å². The van der Waals surface area contributed by atoms with Gasteiger partial charge in [0.1, 0.15) is 24.4 Å². The minimum absolute atomic E-state index is 0.0395. The highest BCUT2D eigenvalue weighted by Gasteiger charge is 2.32. The number of carbonyl (C=O) groups is 2. The molecule has 0 saturated heterocycles. The van der Waals surface area contributed by atoms with Gasteiger partial charge >= 0.3 is 12.1 Å². The van der Waals surface area contributed by atoms with E-state index in [9.17, 15) is 9.59 Å². The van der Waals surface area contributed by atoms with Gasteiger partial charge in [-0.05, 0) is 27.7 Å². The van der Waals surface area contributed by atoms with E-state index in [1.807, 2.05) is 0 Å². The van der Waals surface area contributed by atoms with E-state index < -0.39 is 23.7 Å². The molecular formula is C13H21NO5. The molecule has 0 N–H and O–H groups in total. The Morgan fingerprint density at radius 3 is 2.47 bits per heavy atom. The minimum Gasteiger partial charge on any atom is -0.463 e. The number of hydrogen-bond donors (Lipinski definition) is 0. The number of amides is 1. The number of hydroxylamine groups is 2. The lowest BCUT2D eigenvalue weighted by molar-refractivity contribution is -0.194. The van der Waals surface area contributed by atoms with E-state index >= 15 is 0 Å². The first kappa shape index (κ1) is 15.5. The zero-order chi connectivity index (χ0) is 14.6. The van der Waals surface area contributed by atoms with Gasteiger partial charge in [-0.2, -0.15) is 5.06 Å². The summed E-state index contributed by atoms with van der Waals surface area (Å²) in [7, 11) is 0. The van der Waals surface area contributed by atoms with Crippen molar-refractivity contribution in [1.82, 2.24) is 5.06 Å². The van der Waals surface area contributed by atoms with Crippen molar-refractivity contribution >= 4 is 12.1 Å². The molecular weight excluding hydrogens is 250 g/mol. The Morgan fingerprint density at radius 1 is 1.32 bits per heavy atom. The predicted octanol–water partition coefficient (Wildman–Crippen LogP) is 2.05. The van der Waals surface area contributed by atoms with Crippen LogP contribution in [0.4, 0.5) is 4.79 Å². The van der Waals surface area contributed by atoms with E-state index in [1.54, 1.807) is 39.8 Å². The van der Waals surface area contributed by atoms with Gasteiger partial charge in [-0.3, -0.25) is 9.63 Å². The molecule has 0 unspecified atom stereocenters. The molecule has 6 nitrogen and oxygen atoms in total. The number of nitrogens with zero attached hydrogens (tertiary/aromatic N) is 1. The van der Waals surface area contributed by atoms with Gasteiger partial charge in [0.25, 0.3) is 0 Å². The van der Waals surface area contributed by atoms with Gasteiger partial charge in [0, 0.05) is 6.92 Å². The molecule has 0 fully saturated rings. The molecule has 6 heteroatoms. The molecule has 0 spiro atoms. The molecule has 0 bridgehead atoms. The summed E-state index contributed by atoms with van der Waals surface area (Å²) in [5, 5.41) is 1.11. The van der Waals surface area contributed by atoms with Crippen molar-refractivity contribution in [1.29, 1.82) is 0 Å². The highest BCUT2D eigenvalue weighted by Crippen LogP contribution is 2.18. The molecule has 1 aliphatic heterocycles. The quantitative estimate of drug-likeness (QED) is 0.568. The number of rotatable bonds is 2. The Hall–Kier alpha value is -1.56. The molecule has 19 heavy (non-hydrogen) atoms. The van der Waals surface area contributed by atoms with Crippen LogP contribution < -0.4 is 0 Å². The van der Waals surface area contributed by atoms with Crippen LogP contribution in [0.3, 0.4) is 0 Å². The first-order chi connectivity index (χ1) is 8.69. The van der Waals surface area contributed by atoms with E-state index in [0.29, 0.717) is 0 Å². The Kier molecular flexibility index (Phi) is 4.94. The van der Waals surface area contributed by atoms with E-state index in [2.05, 4.69) is 0 Å². The van der Waals surface area contributed by atoms with Gasteiger partial charge in [-0.25, -0.2) is 4.79 Å². The van der Waals surface area contributed by atoms with Crippen LogP contribution >= 0.6 is 0 Å². The maximum atomic E-state index is 12.0. The van der Waals surface area contributed by atoms with E-state index in [0.717, 1.165) is 5.06 Å². The standard InChI is InChI=1S/C13H21NO5/c1-9-6-7-11(8-17-10(2)15)14(19-9)12(16)18-13(3,4)5/h6-7,9,11H,8H2,1-5H3/t9-,11-/m0/s1. The fourth-order valence-corrected chi connectivity index (χ4v) is 1.47. The second-order valence-electron chi connectivity index (χ2n) is 5.37. The Bertz CT molecular complexity index is 372. The van der Waals surface area contributed by atoms with Crippen LogP contribution in [-0.2, 0) is 19.1 Å². The third kappa shape index (κ3) is 5.30. The van der Waals surface area contributed by atoms with Crippen LogP contribution in [-0.4, -0.2) is 41.5 Å². The van der Waals surface area contributed by atoms with Crippen molar-refractivity contribution in [2.75, 3.05) is 6.61 Å². The molecule has 1 rings (SSSR count). The number of ether oxygens (including phenoxy) is 2. The van der Waals surface area contributed by atoms with Crippen LogP contribution in [0.15, 0.2) is 12.2 Å². The lowest BCUT2D eigenvalue weighted by Crippen LogP contribution is -2.48. The summed E-state index contributed by atoms with van der Waals surface area (Å²) in [4.78, 5) is 28.3. The average Bonchev–Trinajstić information content (AvgIpc) is 2.24. The largest absolute Gasteiger partial charge is 0.463 e. The van der Waals surface area contributed by atoms with Crippen molar-refractivity contribution in [3.63, 3.8) is 0 Å². The van der Waals surface area contributed by atoms with Crippen molar-refractivity contribution in [3.05, 3.63) is 12.2 Å². The van der Waals surface area contributed by atoms with Gasteiger partial charge in [-0.15, -0.1) is 0 Å². The molecule has 108 valence electrons. The molecule has 1 amide bonds. The summed E-state index contributed by atoms with van der Waals surface area (Å²) >= 11 is 0. The highest BCUT2D eigenvalue weighted by atomic mass is 16.7. The van der Waals surface area contributed by atoms with E-state index in [4.69, 9.17) is 14.3 Å². The maximum absolute atomic E-state index is 12.0. The molecule has 0 radical (unpaired) electrons. The van der Waals surface area contributed by atoms with Crippen LogP contribution in [0.2, 0.25) is 0 Å². The third-order valence-corrected chi connectivity index (χ3v) is 2.22. The summed E-state index contributed by atoms with van der Waals surface area (Å²) in [6.45, 7) is 8.47. The Balaban J connectivity index is 2.72. The summed E-state index contributed by atoms with van der Waals surface area (Å²) in [6, 6.07) is -0.477. The van der Waals surface area contributed by atoms with Crippen LogP contribution in [0.5, 0.6) is 0 Å². The normalized spacial score (nSPS) is 23.1. The fraction of sp³-hybridized carbons (Fsp3) is 0.692. The summed E-state index contributed by atoms with van der Waals surface area (Å²) < 4.78 is 10.2. The topological polar surface area (TPSA) is 65.1 Å². The lowest BCUT2D eigenvalue weighted by Gasteiger charge is -2.34. The van der Waals surface area contributed by atoms with Crippen molar-refractivity contribution in [2.45, 2.75) is 52.4 Å².